The molecular formula is C20H24BrN3O6S2. The molecule has 0 spiro atoms. The maximum absolute atomic E-state index is 12.5. The molecule has 0 saturated carbocycles. The summed E-state index contributed by atoms with van der Waals surface area (Å²) in [4.78, 5) is 42.5. The molecule has 2 heterocycles. The Balaban J connectivity index is 1.83. The Kier molecular flexibility index (Phi) is 7.88. The molecule has 1 aliphatic rings. The maximum atomic E-state index is 12.5. The summed E-state index contributed by atoms with van der Waals surface area (Å²) in [5.74, 6) is -3.52. The van der Waals surface area contributed by atoms with E-state index in [-0.39, 0.29) is 17.4 Å². The lowest BCUT2D eigenvalue weighted by Gasteiger charge is -2.33. The molecule has 174 valence electrons. The van der Waals surface area contributed by atoms with Crippen molar-refractivity contribution in [1.82, 2.24) is 9.47 Å². The van der Waals surface area contributed by atoms with Crippen LogP contribution >= 0.6 is 27.3 Å². The zero-order valence-corrected chi connectivity index (χ0v) is 21.0. The first kappa shape index (κ1) is 24.6. The van der Waals surface area contributed by atoms with Gasteiger partial charge in [0.1, 0.15) is 18.1 Å². The standard InChI is InChI=1S/C20H24BrN3O6S2/c1-13-5-3-4-8-23(13)18(26)12-32(28,29)11-17(25)22-20-24(10-19(27)30-2)15-7-6-14(21)9-16(15)31-20/h6-7,9,13H,3-5,8,10-12H2,1-2H3. The minimum Gasteiger partial charge on any atom is -0.468 e. The van der Waals surface area contributed by atoms with E-state index < -0.39 is 39.1 Å². The number of rotatable bonds is 6. The van der Waals surface area contributed by atoms with Crippen LogP contribution in [0.1, 0.15) is 26.2 Å². The number of ether oxygens (including phenoxy) is 1. The van der Waals surface area contributed by atoms with Crippen LogP contribution in [-0.4, -0.2) is 66.9 Å². The second-order valence-corrected chi connectivity index (χ2v) is 11.6. The van der Waals surface area contributed by atoms with Gasteiger partial charge in [0.15, 0.2) is 14.6 Å². The number of fused-ring (bicyclic) bond motifs is 1. The lowest BCUT2D eigenvalue weighted by atomic mass is 10.0. The van der Waals surface area contributed by atoms with E-state index in [1.54, 1.807) is 17.0 Å². The molecule has 1 aromatic heterocycles. The SMILES string of the molecule is COC(=O)Cn1c(=NC(=O)CS(=O)(=O)CC(=O)N2CCCCC2C)sc2cc(Br)ccc21. The summed E-state index contributed by atoms with van der Waals surface area (Å²) >= 11 is 4.52. The second kappa shape index (κ2) is 10.3. The van der Waals surface area contributed by atoms with Gasteiger partial charge < -0.3 is 14.2 Å². The lowest BCUT2D eigenvalue weighted by Crippen LogP contribution is -2.45. The zero-order chi connectivity index (χ0) is 23.5. The van der Waals surface area contributed by atoms with Crippen LogP contribution in [0.25, 0.3) is 10.2 Å². The number of sulfone groups is 1. The Bertz CT molecular complexity index is 1220. The largest absolute Gasteiger partial charge is 0.468 e. The van der Waals surface area contributed by atoms with Gasteiger partial charge in [0.05, 0.1) is 17.3 Å². The average molecular weight is 546 g/mol. The fourth-order valence-electron chi connectivity index (χ4n) is 3.60. The first-order chi connectivity index (χ1) is 15.1. The molecule has 2 amide bonds. The zero-order valence-electron chi connectivity index (χ0n) is 17.7. The molecule has 9 nitrogen and oxygen atoms in total. The van der Waals surface area contributed by atoms with Gasteiger partial charge in [-0.15, -0.1) is 0 Å². The average Bonchev–Trinajstić information content (AvgIpc) is 3.02. The van der Waals surface area contributed by atoms with E-state index >= 15 is 0 Å². The highest BCUT2D eigenvalue weighted by Crippen LogP contribution is 2.22. The number of esters is 1. The number of hydrogen-bond donors (Lipinski definition) is 0. The third kappa shape index (κ3) is 6.04. The molecule has 3 rings (SSSR count). The fourth-order valence-corrected chi connectivity index (χ4v) is 6.28. The molecule has 0 bridgehead atoms. The Morgan fingerprint density at radius 2 is 2.00 bits per heavy atom. The Hall–Kier alpha value is -2.05. The number of benzene rings is 1. The van der Waals surface area contributed by atoms with E-state index in [9.17, 15) is 22.8 Å². The number of carbonyl (C=O) groups excluding carboxylic acids is 3. The van der Waals surface area contributed by atoms with Gasteiger partial charge in [-0.1, -0.05) is 27.3 Å². The predicted molar refractivity (Wildman–Crippen MR) is 124 cm³/mol. The van der Waals surface area contributed by atoms with Crippen molar-refractivity contribution in [1.29, 1.82) is 0 Å². The number of likely N-dealkylation sites (tertiary alicyclic amines) is 1. The van der Waals surface area contributed by atoms with Crippen molar-refractivity contribution in [2.45, 2.75) is 38.8 Å². The molecule has 12 heteroatoms. The van der Waals surface area contributed by atoms with Gasteiger partial charge in [-0.3, -0.25) is 14.4 Å². The molecule has 1 saturated heterocycles. The number of aromatic nitrogens is 1. The van der Waals surface area contributed by atoms with Crippen LogP contribution < -0.4 is 4.80 Å². The highest BCUT2D eigenvalue weighted by atomic mass is 79.9. The summed E-state index contributed by atoms with van der Waals surface area (Å²) in [6.07, 6.45) is 2.68. The van der Waals surface area contributed by atoms with E-state index in [1.165, 1.54) is 11.7 Å². The number of carbonyl (C=O) groups is 3. The van der Waals surface area contributed by atoms with Gasteiger partial charge in [0.25, 0.3) is 5.91 Å². The molecular weight excluding hydrogens is 522 g/mol. The van der Waals surface area contributed by atoms with E-state index in [0.29, 0.717) is 12.1 Å². The van der Waals surface area contributed by atoms with Gasteiger partial charge in [0, 0.05) is 17.1 Å². The fraction of sp³-hybridized carbons (Fsp3) is 0.500. The summed E-state index contributed by atoms with van der Waals surface area (Å²) in [6, 6.07) is 5.35. The number of thiazole rings is 1. The summed E-state index contributed by atoms with van der Waals surface area (Å²) in [5, 5.41) is 0. The van der Waals surface area contributed by atoms with E-state index in [4.69, 9.17) is 4.74 Å². The van der Waals surface area contributed by atoms with Gasteiger partial charge in [0.2, 0.25) is 5.91 Å². The molecule has 1 atom stereocenters. The Morgan fingerprint density at radius 3 is 2.69 bits per heavy atom. The summed E-state index contributed by atoms with van der Waals surface area (Å²) < 4.78 is 32.8. The lowest BCUT2D eigenvalue weighted by molar-refractivity contribution is -0.141. The molecule has 1 aliphatic heterocycles. The van der Waals surface area contributed by atoms with Crippen molar-refractivity contribution < 1.29 is 27.5 Å². The van der Waals surface area contributed by atoms with Gasteiger partial charge >= 0.3 is 5.97 Å². The van der Waals surface area contributed by atoms with Crippen molar-refractivity contribution in [3.63, 3.8) is 0 Å². The third-order valence-corrected chi connectivity index (χ3v) is 8.10. The van der Waals surface area contributed by atoms with Crippen LogP contribution in [0.3, 0.4) is 0 Å². The molecule has 0 N–H and O–H groups in total. The number of amides is 2. The van der Waals surface area contributed by atoms with Crippen LogP contribution in [0.2, 0.25) is 0 Å². The highest BCUT2D eigenvalue weighted by Gasteiger charge is 2.28. The number of hydrogen-bond acceptors (Lipinski definition) is 7. The number of nitrogens with zero attached hydrogens (tertiary/aromatic N) is 3. The third-order valence-electron chi connectivity index (χ3n) is 5.19. The second-order valence-electron chi connectivity index (χ2n) is 7.63. The normalized spacial score (nSPS) is 17.5. The molecule has 0 radical (unpaired) electrons. The minimum atomic E-state index is -3.99. The van der Waals surface area contributed by atoms with Crippen molar-refractivity contribution in [2.24, 2.45) is 4.99 Å². The van der Waals surface area contributed by atoms with Crippen LogP contribution in [0, 0.1) is 0 Å². The topological polar surface area (TPSA) is 115 Å². The summed E-state index contributed by atoms with van der Waals surface area (Å²) in [6.45, 7) is 2.24. The molecule has 1 aromatic carbocycles. The van der Waals surface area contributed by atoms with E-state index in [1.807, 2.05) is 13.0 Å². The van der Waals surface area contributed by atoms with Gasteiger partial charge in [-0.05, 0) is 44.4 Å². The van der Waals surface area contributed by atoms with Crippen molar-refractivity contribution in [3.05, 3.63) is 27.5 Å². The Labute approximate surface area is 198 Å². The maximum Gasteiger partial charge on any atom is 0.325 e. The molecule has 0 aliphatic carbocycles. The van der Waals surface area contributed by atoms with Gasteiger partial charge in [-0.2, -0.15) is 4.99 Å². The van der Waals surface area contributed by atoms with Gasteiger partial charge in [-0.25, -0.2) is 8.42 Å². The number of methoxy groups -OCH3 is 1. The first-order valence-electron chi connectivity index (χ1n) is 10.0. The highest BCUT2D eigenvalue weighted by molar-refractivity contribution is 9.10. The van der Waals surface area contributed by atoms with E-state index in [2.05, 4.69) is 20.9 Å². The molecule has 32 heavy (non-hydrogen) atoms. The summed E-state index contributed by atoms with van der Waals surface area (Å²) in [5.41, 5.74) is 0.660. The van der Waals surface area contributed by atoms with Crippen LogP contribution in [0.4, 0.5) is 0 Å². The molecule has 2 aromatic rings. The van der Waals surface area contributed by atoms with Crippen molar-refractivity contribution in [3.8, 4) is 0 Å². The van der Waals surface area contributed by atoms with Crippen LogP contribution in [0.5, 0.6) is 0 Å². The Morgan fingerprint density at radius 1 is 1.25 bits per heavy atom. The smallest absolute Gasteiger partial charge is 0.325 e. The first-order valence-corrected chi connectivity index (χ1v) is 13.5. The predicted octanol–water partition coefficient (Wildman–Crippen LogP) is 1.88. The summed E-state index contributed by atoms with van der Waals surface area (Å²) in [7, 11) is -2.74. The van der Waals surface area contributed by atoms with Crippen LogP contribution in [0.15, 0.2) is 27.7 Å². The van der Waals surface area contributed by atoms with Crippen molar-refractivity contribution >= 4 is 65.1 Å². The molecule has 1 fully saturated rings. The van der Waals surface area contributed by atoms with E-state index in [0.717, 1.165) is 39.8 Å². The minimum absolute atomic E-state index is 0.0120. The van der Waals surface area contributed by atoms with Crippen molar-refractivity contribution in [2.75, 3.05) is 25.2 Å². The monoisotopic (exact) mass is 545 g/mol. The van der Waals surface area contributed by atoms with Crippen LogP contribution in [-0.2, 0) is 35.5 Å². The molecule has 1 unspecified atom stereocenters. The number of piperidine rings is 1. The quantitative estimate of drug-likeness (QED) is 0.512. The number of halogens is 1.